The minimum absolute atomic E-state index is 0.0130. The van der Waals surface area contributed by atoms with Crippen molar-refractivity contribution in [2.45, 2.75) is 44.8 Å². The molecule has 0 bridgehead atoms. The minimum atomic E-state index is -0.608. The number of aryl methyl sites for hydroxylation is 1. The van der Waals surface area contributed by atoms with Crippen LogP contribution in [-0.2, 0) is 9.47 Å². The number of fused-ring (bicyclic) bond motifs is 2. The average Bonchev–Trinajstić information content (AvgIpc) is 3.09. The molecule has 0 amide bonds. The summed E-state index contributed by atoms with van der Waals surface area (Å²) in [6.45, 7) is 9.70. The lowest BCUT2D eigenvalue weighted by Gasteiger charge is -2.22. The van der Waals surface area contributed by atoms with Crippen LogP contribution in [0, 0.1) is 6.92 Å². The number of nitrogen functional groups attached to an aromatic ring is 1. The summed E-state index contributed by atoms with van der Waals surface area (Å²) in [6, 6.07) is 2.00. The van der Waals surface area contributed by atoms with E-state index in [1.807, 2.05) is 39.1 Å². The van der Waals surface area contributed by atoms with Crippen LogP contribution in [0.25, 0.3) is 11.0 Å². The van der Waals surface area contributed by atoms with Crippen LogP contribution in [0.4, 0.5) is 5.95 Å². The molecule has 4 rings (SSSR count). The normalized spacial score (nSPS) is 28.8. The average molecular weight is 312 g/mol. The van der Waals surface area contributed by atoms with E-state index < -0.39 is 5.79 Å². The van der Waals surface area contributed by atoms with Crippen LogP contribution >= 0.6 is 0 Å². The third-order valence-corrected chi connectivity index (χ3v) is 4.49. The van der Waals surface area contributed by atoms with Crippen molar-refractivity contribution in [3.05, 3.63) is 42.3 Å². The lowest BCUT2D eigenvalue weighted by molar-refractivity contribution is -0.147. The maximum Gasteiger partial charge on any atom is 0.222 e. The monoisotopic (exact) mass is 312 g/mol. The molecule has 1 aliphatic carbocycles. The Morgan fingerprint density at radius 1 is 1.35 bits per heavy atom. The standard InChI is InChI=1S/C17H20N4O2/c1-5-10-8-12(14-13(10)22-17(3,4)23-14)21-7-6-11-9(2)19-16(18)20-15(11)21/h5-8,12-14H,1H2,2-4H3,(H2,18,19,20)/t12-,13-,14+/m1/s1. The van der Waals surface area contributed by atoms with Gasteiger partial charge in [-0.2, -0.15) is 4.98 Å². The van der Waals surface area contributed by atoms with Crippen LogP contribution in [0.3, 0.4) is 0 Å². The SMILES string of the molecule is C=CC1=C[C@@H](n2ccc3c(C)nc(N)nc32)[C@@H]2OC(C)(C)O[C@H]12. The van der Waals surface area contributed by atoms with E-state index in [9.17, 15) is 0 Å². The van der Waals surface area contributed by atoms with Crippen LogP contribution in [0.15, 0.2) is 36.6 Å². The van der Waals surface area contributed by atoms with Crippen LogP contribution < -0.4 is 5.73 Å². The Bertz CT molecular complexity index is 836. The molecule has 1 aliphatic heterocycles. The highest BCUT2D eigenvalue weighted by molar-refractivity contribution is 5.80. The van der Waals surface area contributed by atoms with E-state index in [-0.39, 0.29) is 24.2 Å². The van der Waals surface area contributed by atoms with Gasteiger partial charge in [-0.3, -0.25) is 0 Å². The second-order valence-corrected chi connectivity index (χ2v) is 6.51. The van der Waals surface area contributed by atoms with Gasteiger partial charge in [0.25, 0.3) is 0 Å². The van der Waals surface area contributed by atoms with E-state index in [4.69, 9.17) is 15.2 Å². The second kappa shape index (κ2) is 4.66. The number of nitrogens with two attached hydrogens (primary N) is 1. The Morgan fingerprint density at radius 2 is 2.13 bits per heavy atom. The van der Waals surface area contributed by atoms with Gasteiger partial charge in [-0.25, -0.2) is 4.98 Å². The zero-order chi connectivity index (χ0) is 16.4. The summed E-state index contributed by atoms with van der Waals surface area (Å²) in [5, 5.41) is 0.995. The number of nitrogens with zero attached hydrogens (tertiary/aromatic N) is 3. The molecule has 0 radical (unpaired) electrons. The molecule has 2 aliphatic rings. The molecule has 2 aromatic heterocycles. The van der Waals surface area contributed by atoms with Crippen LogP contribution in [0.1, 0.15) is 25.6 Å². The van der Waals surface area contributed by atoms with E-state index in [0.717, 1.165) is 22.3 Å². The fraction of sp³-hybridized carbons (Fsp3) is 0.412. The summed E-state index contributed by atoms with van der Waals surface area (Å²) in [7, 11) is 0. The topological polar surface area (TPSA) is 75.2 Å². The summed E-state index contributed by atoms with van der Waals surface area (Å²) in [6.07, 6.45) is 5.76. The largest absolute Gasteiger partial charge is 0.368 e. The first-order chi connectivity index (χ1) is 10.9. The molecule has 1 fully saturated rings. The van der Waals surface area contributed by atoms with Crippen molar-refractivity contribution in [1.29, 1.82) is 0 Å². The Hall–Kier alpha value is -2.18. The van der Waals surface area contributed by atoms with Gasteiger partial charge in [-0.05, 0) is 32.4 Å². The molecule has 0 aromatic carbocycles. The van der Waals surface area contributed by atoms with Crippen molar-refractivity contribution in [2.24, 2.45) is 0 Å². The molecule has 6 heteroatoms. The highest BCUT2D eigenvalue weighted by Gasteiger charge is 2.50. The molecule has 0 saturated carbocycles. The molecule has 0 unspecified atom stereocenters. The van der Waals surface area contributed by atoms with Gasteiger partial charge in [0, 0.05) is 11.6 Å². The molecule has 6 nitrogen and oxygen atoms in total. The number of hydrogen-bond donors (Lipinski definition) is 1. The van der Waals surface area contributed by atoms with Crippen molar-refractivity contribution in [3.63, 3.8) is 0 Å². The van der Waals surface area contributed by atoms with E-state index in [0.29, 0.717) is 0 Å². The lowest BCUT2D eigenvalue weighted by atomic mass is 10.1. The first-order valence-electron chi connectivity index (χ1n) is 7.70. The maximum atomic E-state index is 6.13. The molecular formula is C17H20N4O2. The van der Waals surface area contributed by atoms with E-state index >= 15 is 0 Å². The fourth-order valence-electron chi connectivity index (χ4n) is 3.55. The predicted octanol–water partition coefficient (Wildman–Crippen LogP) is 2.51. The predicted molar refractivity (Wildman–Crippen MR) is 87.8 cm³/mol. The number of hydrogen-bond acceptors (Lipinski definition) is 5. The molecule has 3 atom stereocenters. The fourth-order valence-corrected chi connectivity index (χ4v) is 3.55. The molecule has 120 valence electrons. The van der Waals surface area contributed by atoms with Crippen molar-refractivity contribution < 1.29 is 9.47 Å². The number of rotatable bonds is 2. The van der Waals surface area contributed by atoms with Crippen molar-refractivity contribution in [3.8, 4) is 0 Å². The number of aromatic nitrogens is 3. The van der Waals surface area contributed by atoms with Gasteiger partial charge in [0.2, 0.25) is 5.95 Å². The number of anilines is 1. The van der Waals surface area contributed by atoms with Crippen molar-refractivity contribution >= 4 is 17.0 Å². The molecular weight excluding hydrogens is 292 g/mol. The Labute approximate surface area is 134 Å². The zero-order valence-electron chi connectivity index (χ0n) is 13.5. The summed E-state index contributed by atoms with van der Waals surface area (Å²) < 4.78 is 14.2. The molecule has 0 spiro atoms. The van der Waals surface area contributed by atoms with Gasteiger partial charge in [-0.1, -0.05) is 18.7 Å². The van der Waals surface area contributed by atoms with Crippen LogP contribution in [0.2, 0.25) is 0 Å². The molecule has 3 heterocycles. The van der Waals surface area contributed by atoms with E-state index in [1.165, 1.54) is 0 Å². The van der Waals surface area contributed by atoms with Crippen molar-refractivity contribution in [1.82, 2.24) is 14.5 Å². The first kappa shape index (κ1) is 14.4. The van der Waals surface area contributed by atoms with Gasteiger partial charge >= 0.3 is 0 Å². The highest BCUT2D eigenvalue weighted by atomic mass is 16.8. The zero-order valence-corrected chi connectivity index (χ0v) is 13.5. The first-order valence-corrected chi connectivity index (χ1v) is 7.70. The van der Waals surface area contributed by atoms with E-state index in [2.05, 4.69) is 27.2 Å². The summed E-state index contributed by atoms with van der Waals surface area (Å²) in [5.41, 5.74) is 8.57. The third-order valence-electron chi connectivity index (χ3n) is 4.49. The van der Waals surface area contributed by atoms with Gasteiger partial charge in [-0.15, -0.1) is 0 Å². The van der Waals surface area contributed by atoms with Crippen LogP contribution in [0.5, 0.6) is 0 Å². The van der Waals surface area contributed by atoms with Crippen molar-refractivity contribution in [2.75, 3.05) is 5.73 Å². The Balaban J connectivity index is 1.85. The second-order valence-electron chi connectivity index (χ2n) is 6.51. The van der Waals surface area contributed by atoms with Gasteiger partial charge in [0.05, 0.1) is 11.7 Å². The molecule has 2 aromatic rings. The van der Waals surface area contributed by atoms with Gasteiger partial charge < -0.3 is 19.8 Å². The quantitative estimate of drug-likeness (QED) is 0.922. The third kappa shape index (κ3) is 2.09. The smallest absolute Gasteiger partial charge is 0.222 e. The van der Waals surface area contributed by atoms with Gasteiger partial charge in [0.1, 0.15) is 17.9 Å². The molecule has 1 saturated heterocycles. The lowest BCUT2D eigenvalue weighted by Crippen LogP contribution is -2.27. The minimum Gasteiger partial charge on any atom is -0.368 e. The summed E-state index contributed by atoms with van der Waals surface area (Å²) in [5.74, 6) is -0.329. The molecule has 2 N–H and O–H groups in total. The van der Waals surface area contributed by atoms with Crippen LogP contribution in [-0.4, -0.2) is 32.5 Å². The van der Waals surface area contributed by atoms with E-state index in [1.54, 1.807) is 0 Å². The number of ether oxygens (including phenoxy) is 2. The maximum absolute atomic E-state index is 6.13. The summed E-state index contributed by atoms with van der Waals surface area (Å²) in [4.78, 5) is 8.65. The highest BCUT2D eigenvalue weighted by Crippen LogP contribution is 2.44. The summed E-state index contributed by atoms with van der Waals surface area (Å²) >= 11 is 0. The Morgan fingerprint density at radius 3 is 2.87 bits per heavy atom. The molecule has 23 heavy (non-hydrogen) atoms. The van der Waals surface area contributed by atoms with Gasteiger partial charge in [0.15, 0.2) is 5.79 Å². The Kier molecular flexibility index (Phi) is 2.92.